The zero-order valence-electron chi connectivity index (χ0n) is 15.1. The predicted molar refractivity (Wildman–Crippen MR) is 98.3 cm³/mol. The van der Waals surface area contributed by atoms with Gasteiger partial charge in [-0.2, -0.15) is 0 Å². The molecule has 1 heterocycles. The number of nitrogens with zero attached hydrogens (tertiary/aromatic N) is 1. The van der Waals surface area contributed by atoms with Crippen molar-refractivity contribution in [2.45, 2.75) is 32.6 Å². The fourth-order valence-electron chi connectivity index (χ4n) is 4.34. The fraction of sp³-hybridized carbons (Fsp3) is 0.333. The largest absolute Gasteiger partial charge is 0.309 e. The number of hydroxylamine groups is 1. The van der Waals surface area contributed by atoms with E-state index in [0.717, 1.165) is 16.7 Å². The number of rotatable bonds is 2. The molecule has 1 aliphatic heterocycles. The Labute approximate surface area is 156 Å². The molecular weight excluding hydrogens is 347 g/mol. The van der Waals surface area contributed by atoms with Crippen LogP contribution in [0.15, 0.2) is 36.4 Å². The molecule has 1 aliphatic carbocycles. The Morgan fingerprint density at radius 3 is 2.74 bits per heavy atom. The highest BCUT2D eigenvalue weighted by Crippen LogP contribution is 2.45. The maximum Gasteiger partial charge on any atom is 0.274 e. The second-order valence-electron chi connectivity index (χ2n) is 7.54. The van der Waals surface area contributed by atoms with E-state index in [4.69, 9.17) is 5.21 Å². The number of benzene rings is 2. The van der Waals surface area contributed by atoms with E-state index in [9.17, 15) is 14.0 Å². The molecule has 2 amide bonds. The highest BCUT2D eigenvalue weighted by Gasteiger charge is 2.48. The number of halogens is 1. The highest BCUT2D eigenvalue weighted by molar-refractivity contribution is 6.00. The van der Waals surface area contributed by atoms with Crippen LogP contribution in [0.4, 0.5) is 10.1 Å². The Kier molecular flexibility index (Phi) is 4.23. The van der Waals surface area contributed by atoms with E-state index < -0.39 is 11.3 Å². The van der Waals surface area contributed by atoms with Gasteiger partial charge in [0, 0.05) is 12.1 Å². The van der Waals surface area contributed by atoms with E-state index in [1.807, 2.05) is 19.1 Å². The average molecular weight is 368 g/mol. The third kappa shape index (κ3) is 2.90. The van der Waals surface area contributed by atoms with Gasteiger partial charge >= 0.3 is 0 Å². The van der Waals surface area contributed by atoms with Gasteiger partial charge < -0.3 is 4.90 Å². The molecule has 0 saturated carbocycles. The topological polar surface area (TPSA) is 69.6 Å². The first-order valence-corrected chi connectivity index (χ1v) is 9.08. The molecule has 27 heavy (non-hydrogen) atoms. The van der Waals surface area contributed by atoms with Gasteiger partial charge in [0.2, 0.25) is 5.91 Å². The molecule has 5 nitrogen and oxygen atoms in total. The summed E-state index contributed by atoms with van der Waals surface area (Å²) in [6.07, 6.45) is 2.63. The van der Waals surface area contributed by atoms with Crippen LogP contribution in [0.1, 0.15) is 39.9 Å². The van der Waals surface area contributed by atoms with Gasteiger partial charge in [0.1, 0.15) is 5.82 Å². The van der Waals surface area contributed by atoms with Gasteiger partial charge in [-0.25, -0.2) is 9.87 Å². The minimum Gasteiger partial charge on any atom is -0.309 e. The number of hydrogen-bond acceptors (Lipinski definition) is 3. The first-order valence-electron chi connectivity index (χ1n) is 9.08. The first kappa shape index (κ1) is 17.7. The van der Waals surface area contributed by atoms with E-state index in [2.05, 4.69) is 0 Å². The Bertz CT molecular complexity index is 943. The van der Waals surface area contributed by atoms with E-state index in [-0.39, 0.29) is 11.7 Å². The van der Waals surface area contributed by atoms with E-state index in [1.165, 1.54) is 6.07 Å². The lowest BCUT2D eigenvalue weighted by molar-refractivity contribution is -0.126. The third-order valence-electron chi connectivity index (χ3n) is 5.88. The first-order chi connectivity index (χ1) is 12.9. The predicted octanol–water partition coefficient (Wildman–Crippen LogP) is 3.17. The van der Waals surface area contributed by atoms with Crippen molar-refractivity contribution >= 4 is 17.5 Å². The molecule has 140 valence electrons. The van der Waals surface area contributed by atoms with Crippen molar-refractivity contribution in [2.24, 2.45) is 5.41 Å². The summed E-state index contributed by atoms with van der Waals surface area (Å²) in [5.41, 5.74) is 4.77. The van der Waals surface area contributed by atoms with Crippen LogP contribution in [0.5, 0.6) is 0 Å². The summed E-state index contributed by atoms with van der Waals surface area (Å²) in [6, 6.07) is 10.2. The van der Waals surface area contributed by atoms with Crippen LogP contribution >= 0.6 is 0 Å². The van der Waals surface area contributed by atoms with Crippen molar-refractivity contribution in [3.8, 4) is 0 Å². The van der Waals surface area contributed by atoms with Gasteiger partial charge in [-0.15, -0.1) is 0 Å². The van der Waals surface area contributed by atoms with Crippen LogP contribution in [0.2, 0.25) is 0 Å². The van der Waals surface area contributed by atoms with Crippen LogP contribution in [0, 0.1) is 18.2 Å². The molecule has 2 aliphatic rings. The Morgan fingerprint density at radius 1 is 1.19 bits per heavy atom. The highest BCUT2D eigenvalue weighted by atomic mass is 19.1. The van der Waals surface area contributed by atoms with E-state index in [0.29, 0.717) is 43.5 Å². The number of hydrogen-bond donors (Lipinski definition) is 2. The average Bonchev–Trinajstić information content (AvgIpc) is 2.97. The summed E-state index contributed by atoms with van der Waals surface area (Å²) in [7, 11) is 0. The molecule has 2 aromatic carbocycles. The van der Waals surface area contributed by atoms with E-state index >= 15 is 0 Å². The molecule has 2 N–H and O–H groups in total. The van der Waals surface area contributed by atoms with Gasteiger partial charge in [-0.1, -0.05) is 12.1 Å². The number of aryl methyl sites for hydroxylation is 2. The minimum atomic E-state index is -0.545. The number of amides is 2. The summed E-state index contributed by atoms with van der Waals surface area (Å²) >= 11 is 0. The second-order valence-corrected chi connectivity index (χ2v) is 7.54. The number of fused-ring (bicyclic) bond motifs is 1. The molecule has 0 bridgehead atoms. The molecule has 1 spiro atoms. The van der Waals surface area contributed by atoms with Crippen molar-refractivity contribution in [1.29, 1.82) is 0 Å². The standard InChI is InChI=1S/C21H21FN2O3/c1-13-2-5-18(17(22)10-13)24-9-8-21(20(24)26)7-6-14-11-15(19(25)23-27)3-4-16(14)12-21/h2-5,10-11,27H,6-9,12H2,1H3,(H,23,25)/t21-/m1/s1. The van der Waals surface area contributed by atoms with Gasteiger partial charge in [0.25, 0.3) is 5.91 Å². The molecule has 0 radical (unpaired) electrons. The Balaban J connectivity index is 1.61. The normalized spacial score (nSPS) is 21.4. The number of carbonyl (C=O) groups is 2. The van der Waals surface area contributed by atoms with Gasteiger partial charge in [-0.3, -0.25) is 14.8 Å². The van der Waals surface area contributed by atoms with Crippen LogP contribution in [-0.4, -0.2) is 23.6 Å². The lowest BCUT2D eigenvalue weighted by Crippen LogP contribution is -2.39. The van der Waals surface area contributed by atoms with Gasteiger partial charge in [-0.05, 0) is 73.6 Å². The maximum absolute atomic E-state index is 14.4. The zero-order chi connectivity index (χ0) is 19.2. The van der Waals surface area contributed by atoms with Crippen LogP contribution in [-0.2, 0) is 17.6 Å². The van der Waals surface area contributed by atoms with Crippen LogP contribution in [0.3, 0.4) is 0 Å². The summed E-state index contributed by atoms with van der Waals surface area (Å²) in [4.78, 5) is 26.4. The second kappa shape index (κ2) is 6.46. The molecule has 4 rings (SSSR count). The third-order valence-corrected chi connectivity index (χ3v) is 5.88. The lowest BCUT2D eigenvalue weighted by Gasteiger charge is -2.33. The number of carbonyl (C=O) groups excluding carboxylic acids is 2. The Hall–Kier alpha value is -2.73. The molecule has 1 atom stereocenters. The SMILES string of the molecule is Cc1ccc(N2CC[C@@]3(CCc4cc(C(=O)NO)ccc4C3)C2=O)c(F)c1. The molecule has 1 saturated heterocycles. The molecule has 1 fully saturated rings. The van der Waals surface area contributed by atoms with E-state index in [1.54, 1.807) is 28.6 Å². The summed E-state index contributed by atoms with van der Waals surface area (Å²) in [6.45, 7) is 2.34. The fourth-order valence-corrected chi connectivity index (χ4v) is 4.34. The smallest absolute Gasteiger partial charge is 0.274 e. The quantitative estimate of drug-likeness (QED) is 0.632. The zero-order valence-corrected chi connectivity index (χ0v) is 15.1. The maximum atomic E-state index is 14.4. The minimum absolute atomic E-state index is 0.0203. The molecular formula is C21H21FN2O3. The van der Waals surface area contributed by atoms with Crippen molar-refractivity contribution < 1.29 is 19.2 Å². The summed E-state index contributed by atoms with van der Waals surface area (Å²) in [5, 5.41) is 8.79. The van der Waals surface area contributed by atoms with Gasteiger partial charge in [0.15, 0.2) is 0 Å². The molecule has 0 unspecified atom stereocenters. The molecule has 0 aromatic heterocycles. The number of nitrogens with one attached hydrogen (secondary N) is 1. The monoisotopic (exact) mass is 368 g/mol. The Morgan fingerprint density at radius 2 is 2.00 bits per heavy atom. The van der Waals surface area contributed by atoms with Gasteiger partial charge in [0.05, 0.1) is 11.1 Å². The number of anilines is 1. The van der Waals surface area contributed by atoms with Crippen LogP contribution < -0.4 is 10.4 Å². The molecule has 2 aromatic rings. The van der Waals surface area contributed by atoms with Crippen molar-refractivity contribution in [3.05, 3.63) is 64.5 Å². The summed E-state index contributed by atoms with van der Waals surface area (Å²) in [5.74, 6) is -0.930. The lowest BCUT2D eigenvalue weighted by atomic mass is 9.70. The van der Waals surface area contributed by atoms with Crippen molar-refractivity contribution in [2.75, 3.05) is 11.4 Å². The van der Waals surface area contributed by atoms with Crippen molar-refractivity contribution in [1.82, 2.24) is 5.48 Å². The van der Waals surface area contributed by atoms with Crippen molar-refractivity contribution in [3.63, 3.8) is 0 Å². The molecule has 6 heteroatoms. The van der Waals surface area contributed by atoms with Crippen LogP contribution in [0.25, 0.3) is 0 Å². The summed E-state index contributed by atoms with van der Waals surface area (Å²) < 4.78 is 14.4.